The molecule has 3 aromatic carbocycles. The minimum Gasteiger partial charge on any atom is -0.497 e. The van der Waals surface area contributed by atoms with Crippen molar-refractivity contribution >= 4 is 23.2 Å². The van der Waals surface area contributed by atoms with Crippen molar-refractivity contribution in [3.8, 4) is 28.6 Å². The van der Waals surface area contributed by atoms with Crippen LogP contribution in [-0.2, 0) is 0 Å². The fraction of sp³-hybridized carbons (Fsp3) is 0.0870. The van der Waals surface area contributed by atoms with E-state index in [0.717, 1.165) is 5.56 Å². The van der Waals surface area contributed by atoms with Gasteiger partial charge in [-0.3, -0.25) is 4.79 Å². The highest BCUT2D eigenvalue weighted by molar-refractivity contribution is 6.32. The van der Waals surface area contributed by atoms with Gasteiger partial charge in [0.25, 0.3) is 5.91 Å². The van der Waals surface area contributed by atoms with Gasteiger partial charge in [0.2, 0.25) is 5.82 Å². The van der Waals surface area contributed by atoms with E-state index in [1.165, 1.54) is 0 Å². The molecule has 0 unspecified atom stereocenters. The lowest BCUT2D eigenvalue weighted by atomic mass is 10.2. The molecular formula is C23H19ClN4O3. The van der Waals surface area contributed by atoms with Crippen LogP contribution in [0.25, 0.3) is 17.1 Å². The van der Waals surface area contributed by atoms with E-state index in [-0.39, 0.29) is 5.82 Å². The molecule has 4 rings (SSSR count). The molecule has 0 bridgehead atoms. The Kier molecular flexibility index (Phi) is 5.86. The Morgan fingerprint density at radius 1 is 0.935 bits per heavy atom. The van der Waals surface area contributed by atoms with E-state index in [0.29, 0.717) is 33.7 Å². The molecule has 0 spiro atoms. The van der Waals surface area contributed by atoms with E-state index in [1.54, 1.807) is 49.2 Å². The third-order valence-electron chi connectivity index (χ3n) is 4.57. The van der Waals surface area contributed by atoms with Crippen molar-refractivity contribution in [3.63, 3.8) is 0 Å². The van der Waals surface area contributed by atoms with Gasteiger partial charge in [0.05, 0.1) is 24.9 Å². The summed E-state index contributed by atoms with van der Waals surface area (Å²) in [5, 5.41) is 7.73. The number of benzene rings is 3. The Morgan fingerprint density at radius 3 is 2.39 bits per heavy atom. The Balaban J connectivity index is 1.75. The second-order valence-corrected chi connectivity index (χ2v) is 6.94. The zero-order valence-corrected chi connectivity index (χ0v) is 17.6. The van der Waals surface area contributed by atoms with Crippen LogP contribution in [0.3, 0.4) is 0 Å². The van der Waals surface area contributed by atoms with Crippen LogP contribution in [-0.4, -0.2) is 34.9 Å². The summed E-state index contributed by atoms with van der Waals surface area (Å²) in [5.74, 6) is 1.38. The topological polar surface area (TPSA) is 78.3 Å². The van der Waals surface area contributed by atoms with Crippen molar-refractivity contribution in [1.82, 2.24) is 14.8 Å². The van der Waals surface area contributed by atoms with Gasteiger partial charge < -0.3 is 14.8 Å². The third-order valence-corrected chi connectivity index (χ3v) is 4.89. The highest BCUT2D eigenvalue weighted by atomic mass is 35.5. The Labute approximate surface area is 184 Å². The lowest BCUT2D eigenvalue weighted by molar-refractivity contribution is 0.101. The van der Waals surface area contributed by atoms with Crippen LogP contribution in [0, 0.1) is 0 Å². The van der Waals surface area contributed by atoms with E-state index < -0.39 is 5.91 Å². The lowest BCUT2D eigenvalue weighted by Crippen LogP contribution is -2.14. The molecule has 8 heteroatoms. The van der Waals surface area contributed by atoms with E-state index in [9.17, 15) is 4.79 Å². The largest absolute Gasteiger partial charge is 0.497 e. The van der Waals surface area contributed by atoms with Crippen molar-refractivity contribution in [3.05, 3.63) is 83.6 Å². The summed E-state index contributed by atoms with van der Waals surface area (Å²) in [7, 11) is 3.16. The normalized spacial score (nSPS) is 10.5. The predicted octanol–water partition coefficient (Wildman–Crippen LogP) is 4.86. The Hall–Kier alpha value is -3.84. The SMILES string of the molecule is COc1ccc(-c2nc(C(=O)Nc3cccc(OC)c3)nn2-c2ccccc2Cl)cc1. The molecule has 0 aliphatic rings. The average Bonchev–Trinajstić information content (AvgIpc) is 3.25. The first-order valence-electron chi connectivity index (χ1n) is 9.41. The summed E-state index contributed by atoms with van der Waals surface area (Å²) < 4.78 is 12.0. The quantitative estimate of drug-likeness (QED) is 0.469. The van der Waals surface area contributed by atoms with Gasteiger partial charge in [-0.25, -0.2) is 9.67 Å². The monoisotopic (exact) mass is 434 g/mol. The summed E-state index contributed by atoms with van der Waals surface area (Å²) >= 11 is 6.39. The number of hydrogen-bond acceptors (Lipinski definition) is 5. The number of carbonyl (C=O) groups is 1. The fourth-order valence-electron chi connectivity index (χ4n) is 3.01. The summed E-state index contributed by atoms with van der Waals surface area (Å²) in [6, 6.07) is 21.6. The Morgan fingerprint density at radius 2 is 1.68 bits per heavy atom. The number of carbonyl (C=O) groups excluding carboxylic acids is 1. The van der Waals surface area contributed by atoms with Crippen molar-refractivity contribution in [1.29, 1.82) is 0 Å². The minimum atomic E-state index is -0.450. The molecule has 0 aliphatic carbocycles. The van der Waals surface area contributed by atoms with Crippen LogP contribution in [0.1, 0.15) is 10.6 Å². The zero-order chi connectivity index (χ0) is 21.8. The first-order valence-corrected chi connectivity index (χ1v) is 9.78. The number of amides is 1. The van der Waals surface area contributed by atoms with Gasteiger partial charge in [-0.1, -0.05) is 29.8 Å². The molecule has 1 aromatic heterocycles. The molecule has 1 amide bonds. The number of rotatable bonds is 6. The second kappa shape index (κ2) is 8.89. The van der Waals surface area contributed by atoms with Crippen molar-refractivity contribution in [2.45, 2.75) is 0 Å². The standard InChI is InChI=1S/C23H19ClN4O3/c1-30-17-12-10-15(11-13-17)22-26-21(27-28(22)20-9-4-3-8-19(20)24)23(29)25-16-6-5-7-18(14-16)31-2/h3-14H,1-2H3,(H,25,29). The maximum Gasteiger partial charge on any atom is 0.295 e. The fourth-order valence-corrected chi connectivity index (χ4v) is 3.23. The van der Waals surface area contributed by atoms with Crippen LogP contribution in [0.15, 0.2) is 72.8 Å². The second-order valence-electron chi connectivity index (χ2n) is 6.54. The van der Waals surface area contributed by atoms with Gasteiger partial charge in [-0.15, -0.1) is 5.10 Å². The maximum absolute atomic E-state index is 12.9. The van der Waals surface area contributed by atoms with Gasteiger partial charge in [-0.05, 0) is 48.5 Å². The minimum absolute atomic E-state index is 0.00792. The van der Waals surface area contributed by atoms with Gasteiger partial charge >= 0.3 is 0 Å². The molecule has 1 heterocycles. The van der Waals surface area contributed by atoms with Crippen LogP contribution in [0.5, 0.6) is 11.5 Å². The molecule has 7 nitrogen and oxygen atoms in total. The van der Waals surface area contributed by atoms with Crippen LogP contribution in [0.2, 0.25) is 5.02 Å². The zero-order valence-electron chi connectivity index (χ0n) is 16.9. The van der Waals surface area contributed by atoms with Crippen LogP contribution < -0.4 is 14.8 Å². The van der Waals surface area contributed by atoms with E-state index in [4.69, 9.17) is 21.1 Å². The molecule has 0 fully saturated rings. The first-order chi connectivity index (χ1) is 15.1. The van der Waals surface area contributed by atoms with Crippen molar-refractivity contribution in [2.75, 3.05) is 19.5 Å². The van der Waals surface area contributed by atoms with Gasteiger partial charge in [0, 0.05) is 17.3 Å². The van der Waals surface area contributed by atoms with Crippen LogP contribution >= 0.6 is 11.6 Å². The summed E-state index contributed by atoms with van der Waals surface area (Å²) in [6.45, 7) is 0. The predicted molar refractivity (Wildman–Crippen MR) is 119 cm³/mol. The maximum atomic E-state index is 12.9. The number of nitrogens with one attached hydrogen (secondary N) is 1. The molecule has 156 valence electrons. The number of hydrogen-bond donors (Lipinski definition) is 1. The number of aromatic nitrogens is 3. The molecule has 0 atom stereocenters. The number of methoxy groups -OCH3 is 2. The number of ether oxygens (including phenoxy) is 2. The number of anilines is 1. The third kappa shape index (κ3) is 4.36. The summed E-state index contributed by atoms with van der Waals surface area (Å²) in [6.07, 6.45) is 0. The van der Waals surface area contributed by atoms with Crippen LogP contribution in [0.4, 0.5) is 5.69 Å². The van der Waals surface area contributed by atoms with Gasteiger partial charge in [0.15, 0.2) is 5.82 Å². The van der Waals surface area contributed by atoms with E-state index in [1.807, 2.05) is 42.5 Å². The smallest absolute Gasteiger partial charge is 0.295 e. The van der Waals surface area contributed by atoms with E-state index >= 15 is 0 Å². The molecule has 31 heavy (non-hydrogen) atoms. The van der Waals surface area contributed by atoms with E-state index in [2.05, 4.69) is 15.4 Å². The van der Waals surface area contributed by atoms with Crippen molar-refractivity contribution < 1.29 is 14.3 Å². The molecule has 1 N–H and O–H groups in total. The first kappa shape index (κ1) is 20.4. The van der Waals surface area contributed by atoms with Crippen molar-refractivity contribution in [2.24, 2.45) is 0 Å². The van der Waals surface area contributed by atoms with Gasteiger partial charge in [-0.2, -0.15) is 0 Å². The lowest BCUT2D eigenvalue weighted by Gasteiger charge is -2.08. The highest BCUT2D eigenvalue weighted by Crippen LogP contribution is 2.27. The molecule has 0 saturated carbocycles. The molecule has 4 aromatic rings. The number of para-hydroxylation sites is 1. The molecule has 0 saturated heterocycles. The number of halogens is 1. The molecule has 0 aliphatic heterocycles. The molecule has 0 radical (unpaired) electrons. The van der Waals surface area contributed by atoms with Gasteiger partial charge in [0.1, 0.15) is 11.5 Å². The highest BCUT2D eigenvalue weighted by Gasteiger charge is 2.20. The Bertz CT molecular complexity index is 1220. The molecular weight excluding hydrogens is 416 g/mol. The number of nitrogens with zero attached hydrogens (tertiary/aromatic N) is 3. The summed E-state index contributed by atoms with van der Waals surface area (Å²) in [4.78, 5) is 17.4. The summed E-state index contributed by atoms with van der Waals surface area (Å²) in [5.41, 5.74) is 1.95. The average molecular weight is 435 g/mol.